The summed E-state index contributed by atoms with van der Waals surface area (Å²) in [6.07, 6.45) is 4.33. The van der Waals surface area contributed by atoms with E-state index in [2.05, 4.69) is 9.98 Å². The summed E-state index contributed by atoms with van der Waals surface area (Å²) in [5.41, 5.74) is -0.498. The second-order valence-corrected chi connectivity index (χ2v) is 4.13. The van der Waals surface area contributed by atoms with Gasteiger partial charge in [-0.25, -0.2) is 14.2 Å². The van der Waals surface area contributed by atoms with Crippen LogP contribution in [0, 0.1) is 5.82 Å². The molecule has 1 aromatic heterocycles. The molecular formula is C9H13FN4OS. The summed E-state index contributed by atoms with van der Waals surface area (Å²) in [6.45, 7) is 0. The summed E-state index contributed by atoms with van der Waals surface area (Å²) in [4.78, 5) is 20.4. The highest BCUT2D eigenvalue weighted by Crippen LogP contribution is 2.10. The second-order valence-electron chi connectivity index (χ2n) is 3.29. The Morgan fingerprint density at radius 3 is 2.94 bits per heavy atom. The lowest BCUT2D eigenvalue weighted by Gasteiger charge is -2.05. The summed E-state index contributed by atoms with van der Waals surface area (Å²) in [5, 5.41) is 0. The Labute approximate surface area is 97.0 Å². The number of hydrogen-bond donors (Lipinski definition) is 0. The van der Waals surface area contributed by atoms with Crippen LogP contribution < -0.4 is 5.69 Å². The second kappa shape index (κ2) is 5.64. The lowest BCUT2D eigenvalue weighted by Crippen LogP contribution is -2.22. The number of halogens is 1. The molecular weight excluding hydrogens is 231 g/mol. The van der Waals surface area contributed by atoms with Crippen molar-refractivity contribution in [3.05, 3.63) is 22.5 Å². The van der Waals surface area contributed by atoms with Gasteiger partial charge in [-0.15, -0.1) is 11.8 Å². The fourth-order valence-electron chi connectivity index (χ4n) is 0.950. The number of aliphatic imine (C=N–C) groups is 1. The molecule has 0 atom stereocenters. The summed E-state index contributed by atoms with van der Waals surface area (Å²) in [6, 6.07) is 0. The van der Waals surface area contributed by atoms with Gasteiger partial charge in [0.05, 0.1) is 12.2 Å². The average Bonchev–Trinajstić information content (AvgIpc) is 2.21. The van der Waals surface area contributed by atoms with Crippen LogP contribution in [-0.2, 0) is 5.88 Å². The predicted octanol–water partition coefficient (Wildman–Crippen LogP) is 0.924. The molecule has 0 N–H and O–H groups in total. The fourth-order valence-corrected chi connectivity index (χ4v) is 1.41. The van der Waals surface area contributed by atoms with Crippen molar-refractivity contribution in [2.24, 2.45) is 4.99 Å². The van der Waals surface area contributed by atoms with Crippen molar-refractivity contribution in [3.63, 3.8) is 0 Å². The number of rotatable bonds is 4. The minimum absolute atomic E-state index is 0.184. The molecule has 0 saturated heterocycles. The Morgan fingerprint density at radius 1 is 1.69 bits per heavy atom. The van der Waals surface area contributed by atoms with Crippen molar-refractivity contribution in [3.8, 4) is 0 Å². The monoisotopic (exact) mass is 244 g/mol. The molecule has 0 aromatic carbocycles. The molecule has 0 bridgehead atoms. The molecule has 0 aliphatic carbocycles. The van der Waals surface area contributed by atoms with Gasteiger partial charge in [0, 0.05) is 20.3 Å². The quantitative estimate of drug-likeness (QED) is 0.584. The largest absolute Gasteiger partial charge is 0.369 e. The first kappa shape index (κ1) is 12.7. The van der Waals surface area contributed by atoms with E-state index in [1.807, 2.05) is 6.26 Å². The van der Waals surface area contributed by atoms with Crippen LogP contribution in [0.1, 0.15) is 0 Å². The normalized spacial score (nSPS) is 11.0. The first-order chi connectivity index (χ1) is 7.54. The van der Waals surface area contributed by atoms with Crippen LogP contribution in [0.15, 0.2) is 16.0 Å². The number of thioether (sulfide) groups is 1. The molecule has 0 unspecified atom stereocenters. The van der Waals surface area contributed by atoms with Gasteiger partial charge >= 0.3 is 5.69 Å². The lowest BCUT2D eigenvalue weighted by molar-refractivity contribution is 0.590. The predicted molar refractivity (Wildman–Crippen MR) is 63.8 cm³/mol. The van der Waals surface area contributed by atoms with Gasteiger partial charge in [-0.1, -0.05) is 0 Å². The highest BCUT2D eigenvalue weighted by Gasteiger charge is 2.06. The number of aromatic nitrogens is 2. The molecule has 5 nitrogen and oxygen atoms in total. The third-order valence-corrected chi connectivity index (χ3v) is 2.15. The minimum Gasteiger partial charge on any atom is -0.369 e. The average molecular weight is 244 g/mol. The van der Waals surface area contributed by atoms with E-state index in [0.29, 0.717) is 5.88 Å². The Morgan fingerprint density at radius 2 is 2.38 bits per heavy atom. The zero-order valence-corrected chi connectivity index (χ0v) is 10.2. The Hall–Kier alpha value is -1.37. The molecule has 0 radical (unpaired) electrons. The van der Waals surface area contributed by atoms with Gasteiger partial charge in [0.15, 0.2) is 11.6 Å². The molecule has 0 saturated carbocycles. The molecule has 0 fully saturated rings. The van der Waals surface area contributed by atoms with E-state index >= 15 is 0 Å². The van der Waals surface area contributed by atoms with Gasteiger partial charge in [0.25, 0.3) is 0 Å². The van der Waals surface area contributed by atoms with E-state index in [1.54, 1.807) is 19.0 Å². The van der Waals surface area contributed by atoms with Crippen molar-refractivity contribution < 1.29 is 4.39 Å². The molecule has 88 valence electrons. The zero-order chi connectivity index (χ0) is 12.1. The first-order valence-electron chi connectivity index (χ1n) is 4.51. The maximum absolute atomic E-state index is 13.4. The van der Waals surface area contributed by atoms with Crippen LogP contribution >= 0.6 is 11.8 Å². The number of hydrogen-bond acceptors (Lipinski definition) is 4. The highest BCUT2D eigenvalue weighted by molar-refractivity contribution is 7.97. The molecule has 1 aromatic rings. The van der Waals surface area contributed by atoms with Crippen molar-refractivity contribution in [2.45, 2.75) is 5.88 Å². The molecule has 1 heterocycles. The van der Waals surface area contributed by atoms with E-state index in [9.17, 15) is 9.18 Å². The number of nitrogens with zero attached hydrogens (tertiary/aromatic N) is 4. The van der Waals surface area contributed by atoms with E-state index < -0.39 is 11.5 Å². The van der Waals surface area contributed by atoms with Crippen molar-refractivity contribution in [2.75, 3.05) is 20.4 Å². The van der Waals surface area contributed by atoms with Crippen LogP contribution in [0.5, 0.6) is 0 Å². The SMILES string of the molecule is CSCn1cc(F)c(N=CN(C)C)nc1=O. The standard InChI is InChI=1S/C9H13FN4OS/c1-13(2)5-11-8-7(10)4-14(6-16-3)9(15)12-8/h4-5H,6H2,1-3H3. The summed E-state index contributed by atoms with van der Waals surface area (Å²) < 4.78 is 14.6. The van der Waals surface area contributed by atoms with Crippen LogP contribution in [0.25, 0.3) is 0 Å². The van der Waals surface area contributed by atoms with Gasteiger partial charge in [0.1, 0.15) is 0 Å². The minimum atomic E-state index is -0.605. The van der Waals surface area contributed by atoms with Gasteiger partial charge in [-0.05, 0) is 6.26 Å². The van der Waals surface area contributed by atoms with Gasteiger partial charge in [-0.2, -0.15) is 4.98 Å². The molecule has 16 heavy (non-hydrogen) atoms. The molecule has 1 rings (SSSR count). The van der Waals surface area contributed by atoms with Crippen molar-refractivity contribution >= 4 is 23.9 Å². The maximum atomic E-state index is 13.4. The van der Waals surface area contributed by atoms with Crippen LogP contribution in [0.2, 0.25) is 0 Å². The van der Waals surface area contributed by atoms with E-state index in [1.165, 1.54) is 22.7 Å². The van der Waals surface area contributed by atoms with E-state index in [4.69, 9.17) is 0 Å². The fraction of sp³-hybridized carbons (Fsp3) is 0.444. The Kier molecular flexibility index (Phi) is 4.48. The van der Waals surface area contributed by atoms with E-state index in [-0.39, 0.29) is 5.82 Å². The van der Waals surface area contributed by atoms with Gasteiger partial charge < -0.3 is 4.90 Å². The van der Waals surface area contributed by atoms with E-state index in [0.717, 1.165) is 6.20 Å². The van der Waals surface area contributed by atoms with Gasteiger partial charge in [0.2, 0.25) is 0 Å². The first-order valence-corrected chi connectivity index (χ1v) is 5.90. The molecule has 0 aliphatic rings. The van der Waals surface area contributed by atoms with Crippen LogP contribution in [0.4, 0.5) is 10.2 Å². The molecule has 0 aliphatic heterocycles. The smallest absolute Gasteiger partial charge is 0.350 e. The van der Waals surface area contributed by atoms with Crippen molar-refractivity contribution in [1.82, 2.24) is 14.5 Å². The summed E-state index contributed by atoms with van der Waals surface area (Å²) in [7, 11) is 3.49. The zero-order valence-electron chi connectivity index (χ0n) is 9.35. The summed E-state index contributed by atoms with van der Waals surface area (Å²) >= 11 is 1.41. The lowest BCUT2D eigenvalue weighted by atomic mass is 10.5. The molecule has 7 heteroatoms. The third-order valence-electron chi connectivity index (χ3n) is 1.61. The third kappa shape index (κ3) is 3.34. The summed E-state index contributed by atoms with van der Waals surface area (Å²) in [5.74, 6) is -0.414. The highest BCUT2D eigenvalue weighted by atomic mass is 32.2. The Bertz CT molecular complexity index is 444. The Balaban J connectivity index is 3.06. The maximum Gasteiger partial charge on any atom is 0.350 e. The van der Waals surface area contributed by atoms with Crippen LogP contribution in [0.3, 0.4) is 0 Å². The molecule has 0 spiro atoms. The molecule has 0 amide bonds. The van der Waals surface area contributed by atoms with Crippen molar-refractivity contribution in [1.29, 1.82) is 0 Å². The topological polar surface area (TPSA) is 50.5 Å². The van der Waals surface area contributed by atoms with Crippen LogP contribution in [-0.4, -0.2) is 41.1 Å². The van der Waals surface area contributed by atoms with Gasteiger partial charge in [-0.3, -0.25) is 4.57 Å².